The van der Waals surface area contributed by atoms with Crippen LogP contribution in [0.5, 0.6) is 0 Å². The minimum absolute atomic E-state index is 0.179. The van der Waals surface area contributed by atoms with Gasteiger partial charge in [0, 0.05) is 31.0 Å². The van der Waals surface area contributed by atoms with Gasteiger partial charge in [-0.05, 0) is 69.9 Å². The largest absolute Gasteiger partial charge is 0.382 e. The maximum Gasteiger partial charge on any atom is 0.258 e. The van der Waals surface area contributed by atoms with Crippen LogP contribution in [0.2, 0.25) is 0 Å². The third-order valence-electron chi connectivity index (χ3n) is 6.30. The van der Waals surface area contributed by atoms with Crippen molar-refractivity contribution in [3.63, 3.8) is 0 Å². The Kier molecular flexibility index (Phi) is 7.44. The molecule has 0 saturated carbocycles. The SMILES string of the molecule is CCOCCCN1C(=S)NC(c2ccc(C)c(C)c2)C(c2nc(-c3ccc(C)cc3)no2)=C1C. The maximum absolute atomic E-state index is 5.84. The van der Waals surface area contributed by atoms with Crippen LogP contribution < -0.4 is 5.32 Å². The van der Waals surface area contributed by atoms with E-state index in [0.717, 1.165) is 35.4 Å². The topological polar surface area (TPSA) is 63.4 Å². The van der Waals surface area contributed by atoms with E-state index in [2.05, 4.69) is 73.4 Å². The van der Waals surface area contributed by atoms with Crippen LogP contribution in [0, 0.1) is 20.8 Å². The van der Waals surface area contributed by atoms with Crippen molar-refractivity contribution in [1.29, 1.82) is 0 Å². The molecular weight excluding hydrogens is 444 g/mol. The summed E-state index contributed by atoms with van der Waals surface area (Å²) >= 11 is 5.79. The fraction of sp³-hybridized carbons (Fsp3) is 0.370. The summed E-state index contributed by atoms with van der Waals surface area (Å²) in [7, 11) is 0. The van der Waals surface area contributed by atoms with Gasteiger partial charge >= 0.3 is 0 Å². The van der Waals surface area contributed by atoms with E-state index in [1.165, 1.54) is 16.7 Å². The monoisotopic (exact) mass is 476 g/mol. The van der Waals surface area contributed by atoms with Crippen molar-refractivity contribution >= 4 is 22.9 Å². The van der Waals surface area contributed by atoms with E-state index in [9.17, 15) is 0 Å². The van der Waals surface area contributed by atoms with Crippen LogP contribution in [0.4, 0.5) is 0 Å². The van der Waals surface area contributed by atoms with Crippen molar-refractivity contribution < 1.29 is 9.26 Å². The summed E-state index contributed by atoms with van der Waals surface area (Å²) in [6.45, 7) is 12.5. The van der Waals surface area contributed by atoms with Crippen LogP contribution in [-0.4, -0.2) is 39.9 Å². The Morgan fingerprint density at radius 1 is 1.06 bits per heavy atom. The minimum Gasteiger partial charge on any atom is -0.382 e. The maximum atomic E-state index is 5.84. The van der Waals surface area contributed by atoms with Crippen LogP contribution in [0.3, 0.4) is 0 Å². The number of benzene rings is 2. The molecule has 0 aliphatic carbocycles. The highest BCUT2D eigenvalue weighted by Crippen LogP contribution is 2.38. The number of allylic oxidation sites excluding steroid dienone is 1. The molecule has 0 fully saturated rings. The predicted octanol–water partition coefficient (Wildman–Crippen LogP) is 5.75. The van der Waals surface area contributed by atoms with Crippen molar-refractivity contribution in [2.75, 3.05) is 19.8 Å². The fourth-order valence-corrected chi connectivity index (χ4v) is 4.49. The molecule has 0 spiro atoms. The number of thiocarbonyl (C=S) groups is 1. The van der Waals surface area contributed by atoms with Crippen LogP contribution in [0.15, 0.2) is 52.7 Å². The second kappa shape index (κ2) is 10.5. The molecule has 4 rings (SSSR count). The zero-order valence-corrected chi connectivity index (χ0v) is 21.3. The average Bonchev–Trinajstić information content (AvgIpc) is 3.30. The Balaban J connectivity index is 1.75. The van der Waals surface area contributed by atoms with Crippen LogP contribution >= 0.6 is 12.2 Å². The lowest BCUT2D eigenvalue weighted by Crippen LogP contribution is -2.46. The van der Waals surface area contributed by atoms with Crippen molar-refractivity contribution in [2.45, 2.75) is 47.1 Å². The zero-order valence-electron chi connectivity index (χ0n) is 20.5. The van der Waals surface area contributed by atoms with E-state index in [1.54, 1.807) is 0 Å². The summed E-state index contributed by atoms with van der Waals surface area (Å²) in [4.78, 5) is 6.91. The molecule has 0 saturated heterocycles. The van der Waals surface area contributed by atoms with Gasteiger partial charge in [-0.1, -0.05) is 53.2 Å². The van der Waals surface area contributed by atoms with E-state index < -0.39 is 0 Å². The summed E-state index contributed by atoms with van der Waals surface area (Å²) < 4.78 is 11.4. The molecule has 1 aliphatic heterocycles. The Bertz CT molecular complexity index is 1200. The molecule has 34 heavy (non-hydrogen) atoms. The van der Waals surface area contributed by atoms with Gasteiger partial charge in [0.15, 0.2) is 5.11 Å². The van der Waals surface area contributed by atoms with Crippen LogP contribution in [0.1, 0.15) is 54.5 Å². The van der Waals surface area contributed by atoms with Crippen LogP contribution in [0.25, 0.3) is 17.0 Å². The molecule has 1 N–H and O–H groups in total. The van der Waals surface area contributed by atoms with Gasteiger partial charge in [0.05, 0.1) is 11.6 Å². The number of nitrogens with zero attached hydrogens (tertiary/aromatic N) is 3. The summed E-state index contributed by atoms with van der Waals surface area (Å²) in [6, 6.07) is 14.4. The van der Waals surface area contributed by atoms with E-state index >= 15 is 0 Å². The summed E-state index contributed by atoms with van der Waals surface area (Å²) in [5, 5.41) is 8.53. The van der Waals surface area contributed by atoms with Gasteiger partial charge in [-0.15, -0.1) is 0 Å². The van der Waals surface area contributed by atoms with Crippen molar-refractivity contribution in [3.8, 4) is 11.4 Å². The highest BCUT2D eigenvalue weighted by atomic mass is 32.1. The molecule has 178 valence electrons. The Morgan fingerprint density at radius 2 is 1.82 bits per heavy atom. The molecule has 0 radical (unpaired) electrons. The fourth-order valence-electron chi connectivity index (χ4n) is 4.14. The number of aryl methyl sites for hydroxylation is 3. The molecule has 1 atom stereocenters. The Morgan fingerprint density at radius 3 is 2.53 bits per heavy atom. The van der Waals surface area contributed by atoms with E-state index in [-0.39, 0.29) is 6.04 Å². The molecule has 3 aromatic rings. The smallest absolute Gasteiger partial charge is 0.258 e. The lowest BCUT2D eigenvalue weighted by molar-refractivity contribution is 0.141. The van der Waals surface area contributed by atoms with Gasteiger partial charge in [0.25, 0.3) is 5.89 Å². The number of hydrogen-bond acceptors (Lipinski definition) is 5. The highest BCUT2D eigenvalue weighted by Gasteiger charge is 2.34. The van der Waals surface area contributed by atoms with E-state index in [1.807, 2.05) is 19.1 Å². The Labute approximate surface area is 207 Å². The quantitative estimate of drug-likeness (QED) is 0.328. The first kappa shape index (κ1) is 24.1. The third kappa shape index (κ3) is 5.05. The number of hydrogen-bond donors (Lipinski definition) is 1. The molecule has 7 heteroatoms. The highest BCUT2D eigenvalue weighted by molar-refractivity contribution is 7.80. The second-order valence-corrected chi connectivity index (χ2v) is 9.10. The first-order valence-electron chi connectivity index (χ1n) is 11.7. The van der Waals surface area contributed by atoms with Gasteiger partial charge in [0.1, 0.15) is 0 Å². The minimum atomic E-state index is -0.179. The lowest BCUT2D eigenvalue weighted by Gasteiger charge is -2.37. The molecular formula is C27H32N4O2S. The zero-order chi connectivity index (χ0) is 24.2. The number of nitrogens with one attached hydrogen (secondary N) is 1. The van der Waals surface area contributed by atoms with Gasteiger partial charge in [-0.3, -0.25) is 0 Å². The van der Waals surface area contributed by atoms with Crippen molar-refractivity contribution in [3.05, 3.63) is 76.3 Å². The summed E-state index contributed by atoms with van der Waals surface area (Å²) in [5.41, 5.74) is 7.67. The normalized spacial score (nSPS) is 16.2. The van der Waals surface area contributed by atoms with E-state index in [4.69, 9.17) is 26.5 Å². The number of ether oxygens (including phenoxy) is 1. The number of aromatic nitrogens is 2. The predicted molar refractivity (Wildman–Crippen MR) is 139 cm³/mol. The standard InChI is InChI=1S/C27H32N4O2S/c1-6-32-15-7-14-31-20(5)23(24(28-27(31)34)22-13-10-18(3)19(4)16-22)26-29-25(30-33-26)21-11-8-17(2)9-12-21/h8-13,16,24H,6-7,14-15H2,1-5H3,(H,28,34). The molecule has 0 amide bonds. The molecule has 1 aliphatic rings. The average molecular weight is 477 g/mol. The Hall–Kier alpha value is -3.03. The third-order valence-corrected chi connectivity index (χ3v) is 6.64. The molecule has 2 aromatic carbocycles. The van der Waals surface area contributed by atoms with Gasteiger partial charge in [-0.25, -0.2) is 0 Å². The summed E-state index contributed by atoms with van der Waals surface area (Å²) in [5.74, 6) is 1.08. The van der Waals surface area contributed by atoms with Crippen LogP contribution in [-0.2, 0) is 4.74 Å². The molecule has 2 heterocycles. The molecule has 1 unspecified atom stereocenters. The molecule has 1 aromatic heterocycles. The van der Waals surface area contributed by atoms with Gasteiger partial charge in [0.2, 0.25) is 5.82 Å². The summed E-state index contributed by atoms with van der Waals surface area (Å²) in [6.07, 6.45) is 0.868. The van der Waals surface area contributed by atoms with Gasteiger partial charge < -0.3 is 19.5 Å². The second-order valence-electron chi connectivity index (χ2n) is 8.72. The first-order chi connectivity index (χ1) is 16.4. The lowest BCUT2D eigenvalue weighted by atomic mass is 9.92. The van der Waals surface area contributed by atoms with Crippen molar-refractivity contribution in [1.82, 2.24) is 20.4 Å². The molecule has 6 nitrogen and oxygen atoms in total. The van der Waals surface area contributed by atoms with Gasteiger partial charge in [-0.2, -0.15) is 4.98 Å². The molecule has 0 bridgehead atoms. The number of rotatable bonds is 8. The first-order valence-corrected chi connectivity index (χ1v) is 12.1. The van der Waals surface area contributed by atoms with E-state index in [0.29, 0.717) is 30.0 Å². The van der Waals surface area contributed by atoms with Crippen molar-refractivity contribution in [2.24, 2.45) is 0 Å².